The molecule has 3 aromatic rings. The molecule has 3 rings (SSSR count). The van der Waals surface area contributed by atoms with E-state index in [1.165, 1.54) is 12.1 Å². The summed E-state index contributed by atoms with van der Waals surface area (Å²) in [5.74, 6) is 0.453. The van der Waals surface area contributed by atoms with Gasteiger partial charge in [-0.15, -0.1) is 0 Å². The molecule has 1 heterocycles. The lowest BCUT2D eigenvalue weighted by atomic mass is 10.1. The normalized spacial score (nSPS) is 10.6. The standard InChI is InChI=1S/C16H14FN3O/c1-21-14-7-5-11(6-8-14)16-15(18)10-20(19-16)13-4-2-3-12(17)9-13/h2-10H,18H2,1H3. The Morgan fingerprint density at radius 3 is 2.57 bits per heavy atom. The van der Waals surface area contributed by atoms with Crippen LogP contribution in [-0.4, -0.2) is 16.9 Å². The number of benzene rings is 2. The van der Waals surface area contributed by atoms with E-state index >= 15 is 0 Å². The van der Waals surface area contributed by atoms with Crippen molar-refractivity contribution in [3.8, 4) is 22.7 Å². The number of hydrogen-bond acceptors (Lipinski definition) is 3. The number of nitrogens with zero attached hydrogens (tertiary/aromatic N) is 2. The van der Waals surface area contributed by atoms with Gasteiger partial charge in [-0.2, -0.15) is 5.10 Å². The average Bonchev–Trinajstić information content (AvgIpc) is 2.89. The van der Waals surface area contributed by atoms with Crippen molar-refractivity contribution in [3.63, 3.8) is 0 Å². The van der Waals surface area contributed by atoms with Gasteiger partial charge in [0.25, 0.3) is 0 Å². The van der Waals surface area contributed by atoms with Crippen molar-refractivity contribution in [2.45, 2.75) is 0 Å². The van der Waals surface area contributed by atoms with Gasteiger partial charge in [-0.05, 0) is 42.5 Å². The molecule has 0 amide bonds. The summed E-state index contributed by atoms with van der Waals surface area (Å²) in [4.78, 5) is 0. The molecule has 0 fully saturated rings. The Labute approximate surface area is 121 Å². The molecule has 21 heavy (non-hydrogen) atoms. The fourth-order valence-electron chi connectivity index (χ4n) is 2.11. The van der Waals surface area contributed by atoms with Gasteiger partial charge < -0.3 is 10.5 Å². The Hall–Kier alpha value is -2.82. The molecular formula is C16H14FN3O. The number of nitrogen functional groups attached to an aromatic ring is 1. The second kappa shape index (κ2) is 5.28. The van der Waals surface area contributed by atoms with Gasteiger partial charge in [0.05, 0.1) is 24.7 Å². The number of nitrogens with two attached hydrogens (primary N) is 1. The Balaban J connectivity index is 2.01. The summed E-state index contributed by atoms with van der Waals surface area (Å²) in [6, 6.07) is 13.7. The van der Waals surface area contributed by atoms with Crippen LogP contribution in [0.2, 0.25) is 0 Å². The molecular weight excluding hydrogens is 269 g/mol. The molecule has 4 nitrogen and oxygen atoms in total. The lowest BCUT2D eigenvalue weighted by Crippen LogP contribution is -1.95. The molecule has 0 spiro atoms. The summed E-state index contributed by atoms with van der Waals surface area (Å²) >= 11 is 0. The van der Waals surface area contributed by atoms with Crippen molar-refractivity contribution in [1.82, 2.24) is 9.78 Å². The highest BCUT2D eigenvalue weighted by Crippen LogP contribution is 2.27. The second-order valence-corrected chi connectivity index (χ2v) is 4.59. The minimum atomic E-state index is -0.312. The molecule has 2 N–H and O–H groups in total. The summed E-state index contributed by atoms with van der Waals surface area (Å²) in [5, 5.41) is 4.43. The molecule has 0 saturated heterocycles. The summed E-state index contributed by atoms with van der Waals surface area (Å²) in [7, 11) is 1.61. The van der Waals surface area contributed by atoms with Gasteiger partial charge in [0.1, 0.15) is 17.3 Å². The van der Waals surface area contributed by atoms with E-state index in [0.717, 1.165) is 11.3 Å². The first-order valence-electron chi connectivity index (χ1n) is 6.43. The van der Waals surface area contributed by atoms with Gasteiger partial charge in [-0.1, -0.05) is 6.07 Å². The highest BCUT2D eigenvalue weighted by molar-refractivity contribution is 5.72. The lowest BCUT2D eigenvalue weighted by Gasteiger charge is -2.02. The zero-order chi connectivity index (χ0) is 14.8. The maximum absolute atomic E-state index is 13.3. The molecule has 106 valence electrons. The van der Waals surface area contributed by atoms with Crippen LogP contribution in [-0.2, 0) is 0 Å². The molecule has 2 aromatic carbocycles. The van der Waals surface area contributed by atoms with Crippen LogP contribution in [0.5, 0.6) is 5.75 Å². The van der Waals surface area contributed by atoms with Gasteiger partial charge in [-0.3, -0.25) is 0 Å². The fraction of sp³-hybridized carbons (Fsp3) is 0.0625. The van der Waals surface area contributed by atoms with Crippen LogP contribution < -0.4 is 10.5 Å². The summed E-state index contributed by atoms with van der Waals surface area (Å²) in [6.07, 6.45) is 1.67. The van der Waals surface area contributed by atoms with Gasteiger partial charge in [0.15, 0.2) is 0 Å². The molecule has 0 aliphatic rings. The second-order valence-electron chi connectivity index (χ2n) is 4.59. The maximum atomic E-state index is 13.3. The largest absolute Gasteiger partial charge is 0.497 e. The van der Waals surface area contributed by atoms with Crippen LogP contribution in [0.25, 0.3) is 16.9 Å². The summed E-state index contributed by atoms with van der Waals surface area (Å²) in [5.41, 5.74) is 8.70. The van der Waals surface area contributed by atoms with Crippen LogP contribution in [0.15, 0.2) is 54.7 Å². The van der Waals surface area contributed by atoms with Gasteiger partial charge in [-0.25, -0.2) is 9.07 Å². The SMILES string of the molecule is COc1ccc(-c2nn(-c3cccc(F)c3)cc2N)cc1. The first kappa shape index (κ1) is 13.2. The summed E-state index contributed by atoms with van der Waals surface area (Å²) in [6.45, 7) is 0. The lowest BCUT2D eigenvalue weighted by molar-refractivity contribution is 0.415. The van der Waals surface area contributed by atoms with E-state index in [-0.39, 0.29) is 5.82 Å². The topological polar surface area (TPSA) is 53.1 Å². The number of aromatic nitrogens is 2. The van der Waals surface area contributed by atoms with Crippen molar-refractivity contribution in [3.05, 3.63) is 60.5 Å². The zero-order valence-electron chi connectivity index (χ0n) is 11.5. The minimum Gasteiger partial charge on any atom is -0.497 e. The molecule has 0 bridgehead atoms. The summed E-state index contributed by atoms with van der Waals surface area (Å²) < 4.78 is 20.0. The van der Waals surface area contributed by atoms with Crippen LogP contribution in [0.4, 0.5) is 10.1 Å². The van der Waals surface area contributed by atoms with Crippen molar-refractivity contribution in [1.29, 1.82) is 0 Å². The van der Waals surface area contributed by atoms with Crippen molar-refractivity contribution in [2.24, 2.45) is 0 Å². The van der Waals surface area contributed by atoms with E-state index in [1.807, 2.05) is 24.3 Å². The molecule has 0 saturated carbocycles. The van der Waals surface area contributed by atoms with Crippen molar-refractivity contribution < 1.29 is 9.13 Å². The highest BCUT2D eigenvalue weighted by Gasteiger charge is 2.10. The third kappa shape index (κ3) is 2.58. The highest BCUT2D eigenvalue weighted by atomic mass is 19.1. The Morgan fingerprint density at radius 1 is 1.14 bits per heavy atom. The fourth-order valence-corrected chi connectivity index (χ4v) is 2.11. The van der Waals surface area contributed by atoms with E-state index in [4.69, 9.17) is 10.5 Å². The van der Waals surface area contributed by atoms with Crippen LogP contribution in [0.1, 0.15) is 0 Å². The number of methoxy groups -OCH3 is 1. The van der Waals surface area contributed by atoms with Crippen molar-refractivity contribution in [2.75, 3.05) is 12.8 Å². The predicted molar refractivity (Wildman–Crippen MR) is 79.9 cm³/mol. The molecule has 0 radical (unpaired) electrons. The minimum absolute atomic E-state index is 0.312. The smallest absolute Gasteiger partial charge is 0.125 e. The van der Waals surface area contributed by atoms with Crippen LogP contribution in [0, 0.1) is 5.82 Å². The Bertz CT molecular complexity index is 765. The van der Waals surface area contributed by atoms with Crippen LogP contribution >= 0.6 is 0 Å². The van der Waals surface area contributed by atoms with Crippen LogP contribution in [0.3, 0.4) is 0 Å². The molecule has 0 unspecified atom stereocenters. The first-order valence-corrected chi connectivity index (χ1v) is 6.43. The quantitative estimate of drug-likeness (QED) is 0.802. The van der Waals surface area contributed by atoms with E-state index < -0.39 is 0 Å². The number of anilines is 1. The molecule has 0 aliphatic heterocycles. The van der Waals surface area contributed by atoms with Gasteiger partial charge >= 0.3 is 0 Å². The van der Waals surface area contributed by atoms with Gasteiger partial charge in [0, 0.05) is 5.56 Å². The molecule has 1 aromatic heterocycles. The number of halogens is 1. The maximum Gasteiger partial charge on any atom is 0.125 e. The zero-order valence-corrected chi connectivity index (χ0v) is 11.5. The van der Waals surface area contributed by atoms with E-state index in [1.54, 1.807) is 30.1 Å². The van der Waals surface area contributed by atoms with Crippen molar-refractivity contribution >= 4 is 5.69 Å². The van der Waals surface area contributed by atoms with E-state index in [9.17, 15) is 4.39 Å². The molecule has 0 atom stereocenters. The number of hydrogen-bond donors (Lipinski definition) is 1. The Morgan fingerprint density at radius 2 is 1.90 bits per heavy atom. The van der Waals surface area contributed by atoms with E-state index in [2.05, 4.69) is 5.10 Å². The monoisotopic (exact) mass is 283 g/mol. The molecule has 0 aliphatic carbocycles. The third-order valence-electron chi connectivity index (χ3n) is 3.18. The van der Waals surface area contributed by atoms with E-state index in [0.29, 0.717) is 17.1 Å². The third-order valence-corrected chi connectivity index (χ3v) is 3.18. The molecule has 5 heteroatoms. The predicted octanol–water partition coefficient (Wildman–Crippen LogP) is 3.27. The van der Waals surface area contributed by atoms with Gasteiger partial charge in [0.2, 0.25) is 0 Å². The Kier molecular flexibility index (Phi) is 3.31. The number of ether oxygens (including phenoxy) is 1. The number of rotatable bonds is 3. The average molecular weight is 283 g/mol. The first-order chi connectivity index (χ1) is 10.2.